The van der Waals surface area contributed by atoms with Gasteiger partial charge in [0, 0.05) is 24.3 Å². The highest BCUT2D eigenvalue weighted by molar-refractivity contribution is 5.89. The number of pyridine rings is 1. The fourth-order valence-electron chi connectivity index (χ4n) is 2.53. The van der Waals surface area contributed by atoms with Crippen molar-refractivity contribution in [2.45, 2.75) is 13.0 Å². The first kappa shape index (κ1) is 16.7. The van der Waals surface area contributed by atoms with Crippen LogP contribution in [0, 0.1) is 0 Å². The third-order valence-electron chi connectivity index (χ3n) is 3.80. The topological polar surface area (TPSA) is 51.2 Å². The molecule has 0 unspecified atom stereocenters. The van der Waals surface area contributed by atoms with E-state index in [1.807, 2.05) is 60.8 Å². The van der Waals surface area contributed by atoms with E-state index in [2.05, 4.69) is 22.4 Å². The minimum Gasteiger partial charge on any atom is -0.445 e. The summed E-state index contributed by atoms with van der Waals surface area (Å²) in [7, 11) is 0. The molecular weight excluding hydrogens is 312 g/mol. The van der Waals surface area contributed by atoms with Crippen molar-refractivity contribution in [1.29, 1.82) is 0 Å². The molecule has 1 aromatic heterocycles. The van der Waals surface area contributed by atoms with Gasteiger partial charge in [-0.1, -0.05) is 60.7 Å². The summed E-state index contributed by atoms with van der Waals surface area (Å²) in [4.78, 5) is 15.8. The molecule has 0 fully saturated rings. The number of hydrogen-bond acceptors (Lipinski definition) is 3. The lowest BCUT2D eigenvalue weighted by molar-refractivity contribution is 0.140. The summed E-state index contributed by atoms with van der Waals surface area (Å²) in [5.41, 5.74) is 2.12. The Hall–Kier alpha value is -3.14. The van der Waals surface area contributed by atoms with Crippen molar-refractivity contribution in [2.75, 3.05) is 6.54 Å². The highest BCUT2D eigenvalue weighted by Gasteiger charge is 2.01. The second kappa shape index (κ2) is 8.64. The van der Waals surface area contributed by atoms with Crippen LogP contribution < -0.4 is 5.32 Å². The maximum absolute atomic E-state index is 11.7. The van der Waals surface area contributed by atoms with E-state index in [9.17, 15) is 4.79 Å². The Bertz CT molecular complexity index is 855. The van der Waals surface area contributed by atoms with Gasteiger partial charge in [0.15, 0.2) is 0 Å². The number of nitrogens with one attached hydrogen (secondary N) is 1. The van der Waals surface area contributed by atoms with Gasteiger partial charge in [-0.2, -0.15) is 0 Å². The number of nitrogens with zero attached hydrogens (tertiary/aromatic N) is 1. The van der Waals surface area contributed by atoms with Crippen LogP contribution >= 0.6 is 0 Å². The second-order valence-electron chi connectivity index (χ2n) is 5.62. The molecule has 0 saturated carbocycles. The van der Waals surface area contributed by atoms with Gasteiger partial charge in [-0.25, -0.2) is 4.79 Å². The van der Waals surface area contributed by atoms with E-state index in [1.54, 1.807) is 6.20 Å². The van der Waals surface area contributed by atoms with Crippen LogP contribution in [0.25, 0.3) is 16.8 Å². The van der Waals surface area contributed by atoms with Crippen molar-refractivity contribution in [2.24, 2.45) is 0 Å². The molecule has 3 aromatic rings. The number of aromatic nitrogens is 1. The molecule has 0 bridgehead atoms. The summed E-state index contributed by atoms with van der Waals surface area (Å²) in [6.45, 7) is 0.822. The van der Waals surface area contributed by atoms with Crippen LogP contribution in [0.5, 0.6) is 0 Å². The number of hydrogen-bond donors (Lipinski definition) is 1. The zero-order chi connectivity index (χ0) is 17.3. The Kier molecular flexibility index (Phi) is 5.77. The monoisotopic (exact) mass is 332 g/mol. The van der Waals surface area contributed by atoms with Gasteiger partial charge in [-0.05, 0) is 29.0 Å². The van der Waals surface area contributed by atoms with E-state index < -0.39 is 6.09 Å². The lowest BCUT2D eigenvalue weighted by Gasteiger charge is -2.06. The molecular formula is C21H20N2O2. The number of amides is 1. The molecule has 0 aliphatic rings. The van der Waals surface area contributed by atoms with Crippen LogP contribution in [0.3, 0.4) is 0 Å². The van der Waals surface area contributed by atoms with E-state index in [0.717, 1.165) is 22.9 Å². The van der Waals surface area contributed by atoms with Crippen molar-refractivity contribution in [3.05, 3.63) is 84.2 Å². The Labute approximate surface area is 147 Å². The highest BCUT2D eigenvalue weighted by Crippen LogP contribution is 2.18. The number of carbonyl (C=O) groups is 1. The van der Waals surface area contributed by atoms with E-state index in [-0.39, 0.29) is 6.61 Å². The normalized spacial score (nSPS) is 10.9. The zero-order valence-corrected chi connectivity index (χ0v) is 13.9. The summed E-state index contributed by atoms with van der Waals surface area (Å²) in [6.07, 6.45) is 8.11. The fourth-order valence-corrected chi connectivity index (χ4v) is 2.53. The fraction of sp³-hybridized carbons (Fsp3) is 0.143. The van der Waals surface area contributed by atoms with Crippen LogP contribution in [0.1, 0.15) is 17.5 Å². The van der Waals surface area contributed by atoms with Crippen LogP contribution in [-0.4, -0.2) is 17.6 Å². The Morgan fingerprint density at radius 1 is 1.08 bits per heavy atom. The van der Waals surface area contributed by atoms with Gasteiger partial charge in [0.05, 0.1) is 0 Å². The van der Waals surface area contributed by atoms with Gasteiger partial charge in [0.25, 0.3) is 0 Å². The van der Waals surface area contributed by atoms with Gasteiger partial charge in [0.2, 0.25) is 0 Å². The predicted molar refractivity (Wildman–Crippen MR) is 100 cm³/mol. The maximum atomic E-state index is 11.7. The SMILES string of the molecule is O=C(NCCC=Cc1cccc2cnccc12)OCc1ccccc1. The largest absolute Gasteiger partial charge is 0.445 e. The minimum absolute atomic E-state index is 0.284. The smallest absolute Gasteiger partial charge is 0.407 e. The lowest BCUT2D eigenvalue weighted by atomic mass is 10.1. The van der Waals surface area contributed by atoms with Crippen LogP contribution in [0.4, 0.5) is 4.79 Å². The van der Waals surface area contributed by atoms with E-state index >= 15 is 0 Å². The van der Waals surface area contributed by atoms with Gasteiger partial charge in [0.1, 0.15) is 6.61 Å². The van der Waals surface area contributed by atoms with Crippen molar-refractivity contribution in [1.82, 2.24) is 10.3 Å². The third-order valence-corrected chi connectivity index (χ3v) is 3.80. The molecule has 25 heavy (non-hydrogen) atoms. The molecule has 0 aliphatic heterocycles. The van der Waals surface area contributed by atoms with Gasteiger partial charge >= 0.3 is 6.09 Å². The first-order valence-corrected chi connectivity index (χ1v) is 8.27. The molecule has 4 heteroatoms. The molecule has 126 valence electrons. The minimum atomic E-state index is -0.395. The quantitative estimate of drug-likeness (QED) is 0.673. The van der Waals surface area contributed by atoms with Crippen molar-refractivity contribution < 1.29 is 9.53 Å². The van der Waals surface area contributed by atoms with Crippen LogP contribution in [0.15, 0.2) is 73.1 Å². The van der Waals surface area contributed by atoms with Gasteiger partial charge in [-0.3, -0.25) is 4.98 Å². The summed E-state index contributed by atoms with van der Waals surface area (Å²) >= 11 is 0. The number of fused-ring (bicyclic) bond motifs is 1. The third kappa shape index (κ3) is 4.91. The van der Waals surface area contributed by atoms with Crippen molar-refractivity contribution in [3.8, 4) is 0 Å². The first-order chi connectivity index (χ1) is 12.3. The molecule has 3 rings (SSSR count). The summed E-state index contributed by atoms with van der Waals surface area (Å²) in [5.74, 6) is 0. The van der Waals surface area contributed by atoms with Crippen LogP contribution in [-0.2, 0) is 11.3 Å². The first-order valence-electron chi connectivity index (χ1n) is 8.27. The molecule has 0 saturated heterocycles. The summed E-state index contributed by atoms with van der Waals surface area (Å²) in [6, 6.07) is 17.8. The number of rotatable bonds is 6. The summed E-state index contributed by atoms with van der Waals surface area (Å²) < 4.78 is 5.17. The molecule has 0 spiro atoms. The van der Waals surface area contributed by atoms with Gasteiger partial charge in [-0.15, -0.1) is 0 Å². The van der Waals surface area contributed by atoms with E-state index in [4.69, 9.17) is 4.74 Å². The molecule has 0 atom stereocenters. The second-order valence-corrected chi connectivity index (χ2v) is 5.62. The van der Waals surface area contributed by atoms with Crippen molar-refractivity contribution in [3.63, 3.8) is 0 Å². The molecule has 0 radical (unpaired) electrons. The Morgan fingerprint density at radius 3 is 2.84 bits per heavy atom. The van der Waals surface area contributed by atoms with E-state index in [1.165, 1.54) is 5.39 Å². The van der Waals surface area contributed by atoms with Crippen molar-refractivity contribution >= 4 is 22.9 Å². The highest BCUT2D eigenvalue weighted by atomic mass is 16.5. The number of alkyl carbamates (subject to hydrolysis) is 1. The number of carbonyl (C=O) groups excluding carboxylic acids is 1. The Morgan fingerprint density at radius 2 is 1.96 bits per heavy atom. The molecule has 2 aromatic carbocycles. The average Bonchev–Trinajstić information content (AvgIpc) is 2.67. The maximum Gasteiger partial charge on any atom is 0.407 e. The Balaban J connectivity index is 1.43. The van der Waals surface area contributed by atoms with Gasteiger partial charge < -0.3 is 10.1 Å². The zero-order valence-electron chi connectivity index (χ0n) is 13.9. The molecule has 1 N–H and O–H groups in total. The number of benzene rings is 2. The molecule has 0 aliphatic carbocycles. The molecule has 4 nitrogen and oxygen atoms in total. The number of ether oxygens (including phenoxy) is 1. The summed E-state index contributed by atoms with van der Waals surface area (Å²) in [5, 5.41) is 5.04. The average molecular weight is 332 g/mol. The van der Waals surface area contributed by atoms with E-state index in [0.29, 0.717) is 6.54 Å². The predicted octanol–water partition coefficient (Wildman–Crippen LogP) is 4.56. The molecule has 1 amide bonds. The standard InChI is InChI=1S/C21H20N2O2/c24-21(25-16-17-7-2-1-3-8-17)23-13-5-4-9-18-10-6-11-19-15-22-14-12-20(18)19/h1-4,6-12,14-15H,5,13,16H2,(H,23,24). The lowest BCUT2D eigenvalue weighted by Crippen LogP contribution is -2.24. The van der Waals surface area contributed by atoms with Crippen LogP contribution in [0.2, 0.25) is 0 Å². The molecule has 1 heterocycles.